The molecule has 1 aliphatic rings. The molecule has 0 unspecified atom stereocenters. The highest BCUT2D eigenvalue weighted by molar-refractivity contribution is 5.84. The quantitative estimate of drug-likeness (QED) is 0.776. The molecule has 0 amide bonds. The molecule has 1 aromatic heterocycles. The second-order valence-corrected chi connectivity index (χ2v) is 8.31. The van der Waals surface area contributed by atoms with Crippen molar-refractivity contribution in [1.82, 2.24) is 9.47 Å². The van der Waals surface area contributed by atoms with Gasteiger partial charge >= 0.3 is 6.18 Å². The van der Waals surface area contributed by atoms with Crippen LogP contribution < -0.4 is 5.32 Å². The van der Waals surface area contributed by atoms with Crippen molar-refractivity contribution >= 4 is 16.6 Å². The van der Waals surface area contributed by atoms with Crippen LogP contribution in [0.1, 0.15) is 46.1 Å². The predicted molar refractivity (Wildman–Crippen MR) is 101 cm³/mol. The molecule has 0 aliphatic carbocycles. The van der Waals surface area contributed by atoms with Crippen LogP contribution in [0.3, 0.4) is 0 Å². The molecule has 0 saturated carbocycles. The molecule has 6 heteroatoms. The van der Waals surface area contributed by atoms with Crippen molar-refractivity contribution in [3.63, 3.8) is 0 Å². The van der Waals surface area contributed by atoms with E-state index in [1.165, 1.54) is 10.9 Å². The van der Waals surface area contributed by atoms with Crippen LogP contribution in [0.2, 0.25) is 0 Å². The van der Waals surface area contributed by atoms with Gasteiger partial charge in [-0.2, -0.15) is 13.2 Å². The van der Waals surface area contributed by atoms with Gasteiger partial charge in [0.15, 0.2) is 0 Å². The van der Waals surface area contributed by atoms with Gasteiger partial charge in [0.05, 0.1) is 6.42 Å². The molecule has 2 heterocycles. The van der Waals surface area contributed by atoms with Crippen LogP contribution in [-0.4, -0.2) is 40.8 Å². The first kappa shape index (κ1) is 19.1. The molecule has 0 bridgehead atoms. The van der Waals surface area contributed by atoms with Crippen molar-refractivity contribution in [2.75, 3.05) is 25.0 Å². The van der Waals surface area contributed by atoms with Crippen molar-refractivity contribution in [2.45, 2.75) is 57.8 Å². The van der Waals surface area contributed by atoms with Gasteiger partial charge in [-0.3, -0.25) is 0 Å². The lowest BCUT2D eigenvalue weighted by Gasteiger charge is -2.33. The highest BCUT2D eigenvalue weighted by atomic mass is 19.4. The minimum absolute atomic E-state index is 0.0134. The lowest BCUT2D eigenvalue weighted by atomic mass is 10.0. The van der Waals surface area contributed by atoms with E-state index in [2.05, 4.69) is 61.1 Å². The number of hydrogen-bond donors (Lipinski definition) is 1. The van der Waals surface area contributed by atoms with E-state index in [-0.39, 0.29) is 12.1 Å². The summed E-state index contributed by atoms with van der Waals surface area (Å²) in [5, 5.41) is 4.68. The molecule has 1 aromatic carbocycles. The van der Waals surface area contributed by atoms with E-state index in [0.29, 0.717) is 6.04 Å². The molecule has 0 radical (unpaired) electrons. The average molecular weight is 367 g/mol. The van der Waals surface area contributed by atoms with E-state index in [1.54, 1.807) is 0 Å². The first-order chi connectivity index (χ1) is 12.1. The van der Waals surface area contributed by atoms with Gasteiger partial charge in [0.2, 0.25) is 0 Å². The van der Waals surface area contributed by atoms with E-state index < -0.39 is 12.6 Å². The van der Waals surface area contributed by atoms with Crippen LogP contribution in [0.25, 0.3) is 10.9 Å². The smallest absolute Gasteiger partial charge is 0.380 e. The highest BCUT2D eigenvalue weighted by Gasteiger charge is 2.29. The number of anilines is 1. The van der Waals surface area contributed by atoms with Crippen LogP contribution in [0.4, 0.5) is 18.9 Å². The summed E-state index contributed by atoms with van der Waals surface area (Å²) in [6.45, 7) is 7.97. The summed E-state index contributed by atoms with van der Waals surface area (Å²) in [5.41, 5.74) is 2.31. The second kappa shape index (κ2) is 7.14. The summed E-state index contributed by atoms with van der Waals surface area (Å²) in [4.78, 5) is 1.93. The normalized spacial score (nSPS) is 17.8. The minimum atomic E-state index is -4.06. The first-order valence-corrected chi connectivity index (χ1v) is 9.29. The van der Waals surface area contributed by atoms with Gasteiger partial charge in [0.1, 0.15) is 0 Å². The number of benzene rings is 1. The van der Waals surface area contributed by atoms with Gasteiger partial charge < -0.3 is 14.8 Å². The maximum Gasteiger partial charge on any atom is 0.390 e. The third kappa shape index (κ3) is 4.93. The molecule has 0 spiro atoms. The molecule has 2 aromatic rings. The monoisotopic (exact) mass is 367 g/mol. The topological polar surface area (TPSA) is 20.2 Å². The predicted octanol–water partition coefficient (Wildman–Crippen LogP) is 5.44. The Balaban J connectivity index is 1.64. The Morgan fingerprint density at radius 2 is 1.77 bits per heavy atom. The maximum atomic E-state index is 12.4. The van der Waals surface area contributed by atoms with E-state index >= 15 is 0 Å². The van der Waals surface area contributed by atoms with Gasteiger partial charge in [-0.15, -0.1) is 0 Å². The Bertz CT molecular complexity index is 735. The van der Waals surface area contributed by atoms with Gasteiger partial charge in [-0.1, -0.05) is 0 Å². The first-order valence-electron chi connectivity index (χ1n) is 9.29. The van der Waals surface area contributed by atoms with Crippen LogP contribution in [-0.2, 0) is 0 Å². The van der Waals surface area contributed by atoms with Gasteiger partial charge in [0.25, 0.3) is 0 Å². The number of nitrogens with one attached hydrogen (secondary N) is 1. The molecule has 3 rings (SSSR count). The Labute approximate surface area is 153 Å². The van der Waals surface area contributed by atoms with Gasteiger partial charge in [0, 0.05) is 54.0 Å². The zero-order valence-electron chi connectivity index (χ0n) is 15.7. The summed E-state index contributed by atoms with van der Waals surface area (Å²) in [7, 11) is 0. The molecule has 1 saturated heterocycles. The largest absolute Gasteiger partial charge is 0.390 e. The Morgan fingerprint density at radius 3 is 2.38 bits per heavy atom. The molecule has 0 atom stereocenters. The van der Waals surface area contributed by atoms with E-state index in [4.69, 9.17) is 0 Å². The number of likely N-dealkylation sites (tertiary alicyclic amines) is 1. The van der Waals surface area contributed by atoms with E-state index in [9.17, 15) is 13.2 Å². The highest BCUT2D eigenvalue weighted by Crippen LogP contribution is 2.30. The maximum absolute atomic E-state index is 12.4. The second-order valence-electron chi connectivity index (χ2n) is 8.31. The molecule has 3 nitrogen and oxygen atoms in total. The van der Waals surface area contributed by atoms with Crippen LogP contribution in [0, 0.1) is 0 Å². The van der Waals surface area contributed by atoms with E-state index in [1.807, 2.05) is 4.90 Å². The van der Waals surface area contributed by atoms with E-state index in [0.717, 1.165) is 31.6 Å². The fourth-order valence-corrected chi connectivity index (χ4v) is 3.70. The fourth-order valence-electron chi connectivity index (χ4n) is 3.70. The molecular weight excluding hydrogens is 339 g/mol. The number of hydrogen-bond acceptors (Lipinski definition) is 2. The summed E-state index contributed by atoms with van der Waals surface area (Å²) >= 11 is 0. The Kier molecular flexibility index (Phi) is 5.24. The third-order valence-corrected chi connectivity index (χ3v) is 4.90. The number of alkyl halides is 3. The number of rotatable bonds is 4. The van der Waals surface area contributed by atoms with Gasteiger partial charge in [-0.25, -0.2) is 0 Å². The Morgan fingerprint density at radius 1 is 1.08 bits per heavy atom. The molecule has 26 heavy (non-hydrogen) atoms. The number of halogens is 3. The zero-order chi connectivity index (χ0) is 18.9. The fraction of sp³-hybridized carbons (Fsp3) is 0.600. The number of nitrogens with zero attached hydrogens (tertiary/aromatic N) is 2. The summed E-state index contributed by atoms with van der Waals surface area (Å²) in [6, 6.07) is 8.88. The number of aromatic nitrogens is 1. The third-order valence-electron chi connectivity index (χ3n) is 4.90. The van der Waals surface area contributed by atoms with Crippen LogP contribution in [0.5, 0.6) is 0 Å². The standard InChI is InChI=1S/C20H28F3N3/c1-19(2,3)24-16-4-5-18-15(14-16)6-12-26(18)17-7-10-25(11-8-17)13-9-20(21,22)23/h4-6,12,14,17,24H,7-11,13H2,1-3H3. The average Bonchev–Trinajstić information content (AvgIpc) is 2.94. The molecular formula is C20H28F3N3. The summed E-state index contributed by atoms with van der Waals surface area (Å²) in [5.74, 6) is 0. The number of piperidine rings is 1. The SMILES string of the molecule is CC(C)(C)Nc1ccc2c(ccn2C2CCN(CCC(F)(F)F)CC2)c1. The minimum Gasteiger partial charge on any atom is -0.380 e. The van der Waals surface area contributed by atoms with Crippen molar-refractivity contribution < 1.29 is 13.2 Å². The number of fused-ring (bicyclic) bond motifs is 1. The molecule has 144 valence electrons. The lowest BCUT2D eigenvalue weighted by Crippen LogP contribution is -2.36. The van der Waals surface area contributed by atoms with Crippen molar-refractivity contribution in [2.24, 2.45) is 0 Å². The Hall–Kier alpha value is -1.69. The zero-order valence-corrected chi connectivity index (χ0v) is 15.7. The van der Waals surface area contributed by atoms with Crippen LogP contribution in [0.15, 0.2) is 30.5 Å². The van der Waals surface area contributed by atoms with Crippen molar-refractivity contribution in [1.29, 1.82) is 0 Å². The summed E-state index contributed by atoms with van der Waals surface area (Å²) in [6.07, 6.45) is -0.880. The molecule has 1 aliphatic heterocycles. The lowest BCUT2D eigenvalue weighted by molar-refractivity contribution is -0.138. The molecule has 1 fully saturated rings. The van der Waals surface area contributed by atoms with Gasteiger partial charge in [-0.05, 0) is 57.9 Å². The summed E-state index contributed by atoms with van der Waals surface area (Å²) < 4.78 is 39.4. The van der Waals surface area contributed by atoms with Crippen LogP contribution >= 0.6 is 0 Å². The van der Waals surface area contributed by atoms with Crippen molar-refractivity contribution in [3.05, 3.63) is 30.5 Å². The van der Waals surface area contributed by atoms with Crippen molar-refractivity contribution in [3.8, 4) is 0 Å². The molecule has 1 N–H and O–H groups in total.